The number of likely N-dealkylation sites (tertiary alicyclic amines) is 1. The molecule has 0 spiro atoms. The number of hydrogen-bond acceptors (Lipinski definition) is 2. The van der Waals surface area contributed by atoms with Crippen LogP contribution in [0.2, 0.25) is 0 Å². The summed E-state index contributed by atoms with van der Waals surface area (Å²) >= 11 is 0. The van der Waals surface area contributed by atoms with Crippen molar-refractivity contribution in [2.45, 2.75) is 25.5 Å². The molecule has 1 atom stereocenters. The molecule has 25 heavy (non-hydrogen) atoms. The summed E-state index contributed by atoms with van der Waals surface area (Å²) in [6.07, 6.45) is 4.83. The summed E-state index contributed by atoms with van der Waals surface area (Å²) in [7, 11) is 0. The molecule has 0 bridgehead atoms. The molecule has 0 aliphatic carbocycles. The molecule has 3 nitrogen and oxygen atoms in total. The first-order chi connectivity index (χ1) is 12.1. The summed E-state index contributed by atoms with van der Waals surface area (Å²) < 4.78 is 29.4. The van der Waals surface area contributed by atoms with Gasteiger partial charge < -0.3 is 9.64 Å². The van der Waals surface area contributed by atoms with Crippen molar-refractivity contribution < 1.29 is 18.3 Å². The minimum absolute atomic E-state index is 0.0579. The Morgan fingerprint density at radius 2 is 1.84 bits per heavy atom. The van der Waals surface area contributed by atoms with E-state index in [0.717, 1.165) is 18.4 Å². The summed E-state index contributed by atoms with van der Waals surface area (Å²) in [6, 6.07) is 16.4. The molecule has 3 rings (SSSR count). The van der Waals surface area contributed by atoms with Gasteiger partial charge in [0, 0.05) is 18.2 Å². The maximum Gasteiger partial charge on any atom is 0.387 e. The zero-order valence-corrected chi connectivity index (χ0v) is 13.6. The van der Waals surface area contributed by atoms with E-state index in [1.54, 1.807) is 18.2 Å². The van der Waals surface area contributed by atoms with Gasteiger partial charge in [-0.05, 0) is 30.5 Å². The predicted molar refractivity (Wildman–Crippen MR) is 92.2 cm³/mol. The highest BCUT2D eigenvalue weighted by atomic mass is 19.3. The minimum Gasteiger partial charge on any atom is -0.434 e. The summed E-state index contributed by atoms with van der Waals surface area (Å²) in [5.41, 5.74) is 1.56. The van der Waals surface area contributed by atoms with Gasteiger partial charge in [-0.25, -0.2) is 0 Å². The van der Waals surface area contributed by atoms with Crippen LogP contribution in [0.15, 0.2) is 60.7 Å². The highest BCUT2D eigenvalue weighted by Crippen LogP contribution is 2.32. The third-order valence-corrected chi connectivity index (χ3v) is 4.26. The fourth-order valence-electron chi connectivity index (χ4n) is 3.13. The van der Waals surface area contributed by atoms with Crippen LogP contribution in [0, 0.1) is 0 Å². The standard InChI is InChI=1S/C20H19F2NO2/c21-20(22)25-18-11-5-4-9-16(18)12-13-19(24)23-14-6-10-17(23)15-7-2-1-3-8-15/h1-5,7-9,11-13,17,20H,6,10,14H2. The monoisotopic (exact) mass is 343 g/mol. The van der Waals surface area contributed by atoms with Crippen LogP contribution in [-0.2, 0) is 4.79 Å². The molecule has 1 heterocycles. The first-order valence-electron chi connectivity index (χ1n) is 8.22. The van der Waals surface area contributed by atoms with Gasteiger partial charge in [-0.15, -0.1) is 0 Å². The Balaban J connectivity index is 1.75. The van der Waals surface area contributed by atoms with Gasteiger partial charge in [0.2, 0.25) is 5.91 Å². The lowest BCUT2D eigenvalue weighted by Crippen LogP contribution is -2.28. The zero-order valence-electron chi connectivity index (χ0n) is 13.6. The highest BCUT2D eigenvalue weighted by molar-refractivity contribution is 5.92. The fourth-order valence-corrected chi connectivity index (χ4v) is 3.13. The van der Waals surface area contributed by atoms with E-state index in [1.165, 1.54) is 18.2 Å². The second-order valence-corrected chi connectivity index (χ2v) is 5.85. The second-order valence-electron chi connectivity index (χ2n) is 5.85. The summed E-state index contributed by atoms with van der Waals surface area (Å²) in [6.45, 7) is -2.20. The Morgan fingerprint density at radius 1 is 1.12 bits per heavy atom. The number of amides is 1. The van der Waals surface area contributed by atoms with Crippen LogP contribution in [0.4, 0.5) is 8.78 Å². The van der Waals surface area contributed by atoms with Crippen molar-refractivity contribution in [2.75, 3.05) is 6.54 Å². The molecule has 0 radical (unpaired) electrons. The van der Waals surface area contributed by atoms with Crippen molar-refractivity contribution in [1.29, 1.82) is 0 Å². The molecule has 2 aromatic carbocycles. The van der Waals surface area contributed by atoms with Gasteiger partial charge in [0.15, 0.2) is 0 Å². The van der Waals surface area contributed by atoms with Crippen LogP contribution < -0.4 is 4.74 Å². The largest absolute Gasteiger partial charge is 0.434 e. The first-order valence-corrected chi connectivity index (χ1v) is 8.22. The lowest BCUT2D eigenvalue weighted by Gasteiger charge is -2.23. The Morgan fingerprint density at radius 3 is 2.60 bits per heavy atom. The van der Waals surface area contributed by atoms with E-state index in [0.29, 0.717) is 12.1 Å². The van der Waals surface area contributed by atoms with Crippen molar-refractivity contribution in [3.05, 3.63) is 71.8 Å². The zero-order chi connectivity index (χ0) is 17.6. The van der Waals surface area contributed by atoms with Gasteiger partial charge in [0.25, 0.3) is 0 Å². The van der Waals surface area contributed by atoms with E-state index in [9.17, 15) is 13.6 Å². The van der Waals surface area contributed by atoms with Crippen LogP contribution in [0.25, 0.3) is 6.08 Å². The first kappa shape index (κ1) is 17.1. The van der Waals surface area contributed by atoms with Crippen molar-refractivity contribution in [3.63, 3.8) is 0 Å². The molecule has 1 aliphatic rings. The van der Waals surface area contributed by atoms with Crippen molar-refractivity contribution in [1.82, 2.24) is 4.90 Å². The maximum absolute atomic E-state index is 12.6. The minimum atomic E-state index is -2.90. The Labute approximate surface area is 145 Å². The Bertz CT molecular complexity index is 746. The molecule has 0 N–H and O–H groups in total. The average molecular weight is 343 g/mol. The van der Waals surface area contributed by atoms with Gasteiger partial charge in [0.1, 0.15) is 5.75 Å². The van der Waals surface area contributed by atoms with Gasteiger partial charge in [-0.1, -0.05) is 48.5 Å². The predicted octanol–water partition coefficient (Wildman–Crippen LogP) is 4.66. The number of hydrogen-bond donors (Lipinski definition) is 0. The molecule has 0 saturated carbocycles. The number of nitrogens with zero attached hydrogens (tertiary/aromatic N) is 1. The number of ether oxygens (including phenoxy) is 1. The SMILES string of the molecule is O=C(C=Cc1ccccc1OC(F)F)N1CCCC1c1ccccc1. The summed E-state index contributed by atoms with van der Waals surface area (Å²) in [4.78, 5) is 14.4. The number of halogens is 2. The third kappa shape index (κ3) is 4.24. The van der Waals surface area contributed by atoms with Crippen molar-refractivity contribution in [3.8, 4) is 5.75 Å². The van der Waals surface area contributed by atoms with E-state index in [-0.39, 0.29) is 17.7 Å². The fraction of sp³-hybridized carbons (Fsp3) is 0.250. The lowest BCUT2D eigenvalue weighted by atomic mass is 10.0. The number of para-hydroxylation sites is 1. The molecule has 5 heteroatoms. The topological polar surface area (TPSA) is 29.5 Å². The molecule has 0 aromatic heterocycles. The van der Waals surface area contributed by atoms with Crippen LogP contribution in [0.5, 0.6) is 5.75 Å². The van der Waals surface area contributed by atoms with Gasteiger partial charge in [0.05, 0.1) is 6.04 Å². The smallest absolute Gasteiger partial charge is 0.387 e. The van der Waals surface area contributed by atoms with Gasteiger partial charge >= 0.3 is 6.61 Å². The quantitative estimate of drug-likeness (QED) is 0.739. The number of benzene rings is 2. The molecular weight excluding hydrogens is 324 g/mol. The molecule has 130 valence electrons. The Kier molecular flexibility index (Phi) is 5.43. The van der Waals surface area contributed by atoms with E-state index in [2.05, 4.69) is 4.74 Å². The molecule has 1 saturated heterocycles. The normalized spacial score (nSPS) is 17.4. The second kappa shape index (κ2) is 7.92. The van der Waals surface area contributed by atoms with Crippen LogP contribution >= 0.6 is 0 Å². The molecular formula is C20H19F2NO2. The van der Waals surface area contributed by atoms with Crippen molar-refractivity contribution in [2.24, 2.45) is 0 Å². The van der Waals surface area contributed by atoms with Gasteiger partial charge in [-0.3, -0.25) is 4.79 Å². The van der Waals surface area contributed by atoms with E-state index in [4.69, 9.17) is 0 Å². The number of carbonyl (C=O) groups is 1. The average Bonchev–Trinajstić information content (AvgIpc) is 3.11. The van der Waals surface area contributed by atoms with E-state index < -0.39 is 6.61 Å². The lowest BCUT2D eigenvalue weighted by molar-refractivity contribution is -0.126. The number of alkyl halides is 2. The highest BCUT2D eigenvalue weighted by Gasteiger charge is 2.28. The number of rotatable bonds is 5. The maximum atomic E-state index is 12.6. The summed E-state index contributed by atoms with van der Waals surface area (Å²) in [5.74, 6) is -0.0687. The molecule has 1 aliphatic heterocycles. The molecule has 1 unspecified atom stereocenters. The van der Waals surface area contributed by atoms with E-state index >= 15 is 0 Å². The van der Waals surface area contributed by atoms with Crippen molar-refractivity contribution >= 4 is 12.0 Å². The summed E-state index contributed by atoms with van der Waals surface area (Å²) in [5, 5.41) is 0. The molecule has 1 fully saturated rings. The molecule has 1 amide bonds. The third-order valence-electron chi connectivity index (χ3n) is 4.26. The van der Waals surface area contributed by atoms with Crippen LogP contribution in [0.1, 0.15) is 30.0 Å². The number of carbonyl (C=O) groups excluding carboxylic acids is 1. The Hall–Kier alpha value is -2.69. The van der Waals surface area contributed by atoms with E-state index in [1.807, 2.05) is 35.2 Å². The van der Waals surface area contributed by atoms with Crippen LogP contribution in [-0.4, -0.2) is 24.0 Å². The van der Waals surface area contributed by atoms with Crippen LogP contribution in [0.3, 0.4) is 0 Å². The molecule has 2 aromatic rings. The van der Waals surface area contributed by atoms with Gasteiger partial charge in [-0.2, -0.15) is 8.78 Å².